The number of anilines is 3. The van der Waals surface area contributed by atoms with Gasteiger partial charge >= 0.3 is 0 Å². The molecule has 1 amide bonds. The van der Waals surface area contributed by atoms with Crippen LogP contribution in [-0.4, -0.2) is 77.8 Å². The van der Waals surface area contributed by atoms with Gasteiger partial charge in [-0.15, -0.1) is 0 Å². The molecule has 6 N–H and O–H groups in total. The lowest BCUT2D eigenvalue weighted by Gasteiger charge is -2.35. The number of aliphatic hydroxyl groups is 1. The van der Waals surface area contributed by atoms with Crippen molar-refractivity contribution < 1.29 is 9.90 Å². The predicted octanol–water partition coefficient (Wildman–Crippen LogP) is 1.71. The van der Waals surface area contributed by atoms with E-state index in [0.717, 1.165) is 43.5 Å². The molecule has 2 aliphatic rings. The zero-order valence-electron chi connectivity index (χ0n) is 21.8. The van der Waals surface area contributed by atoms with Crippen LogP contribution in [-0.2, 0) is 17.9 Å². The summed E-state index contributed by atoms with van der Waals surface area (Å²) in [4.78, 5) is 24.4. The van der Waals surface area contributed by atoms with Crippen LogP contribution in [0.25, 0.3) is 0 Å². The number of piperazine rings is 1. The Morgan fingerprint density at radius 2 is 1.68 bits per heavy atom. The highest BCUT2D eigenvalue weighted by molar-refractivity contribution is 5.77. The van der Waals surface area contributed by atoms with Crippen molar-refractivity contribution in [1.82, 2.24) is 25.5 Å². The Labute approximate surface area is 220 Å². The van der Waals surface area contributed by atoms with Crippen LogP contribution in [0, 0.1) is 0 Å². The van der Waals surface area contributed by atoms with Crippen LogP contribution in [0.15, 0.2) is 30.3 Å². The van der Waals surface area contributed by atoms with E-state index in [9.17, 15) is 4.79 Å². The van der Waals surface area contributed by atoms with Crippen molar-refractivity contribution in [3.63, 3.8) is 0 Å². The summed E-state index contributed by atoms with van der Waals surface area (Å²) >= 11 is 0. The number of hydrogen-bond acceptors (Lipinski definition) is 9. The number of nitrogens with zero attached hydrogens (tertiary/aromatic N) is 4. The fourth-order valence-corrected chi connectivity index (χ4v) is 4.99. The second-order valence-corrected chi connectivity index (χ2v) is 9.99. The van der Waals surface area contributed by atoms with Crippen LogP contribution in [0.2, 0.25) is 0 Å². The maximum absolute atomic E-state index is 11.7. The third kappa shape index (κ3) is 8.55. The number of aliphatic hydroxyl groups excluding tert-OH is 1. The molecule has 2 heterocycles. The second kappa shape index (κ2) is 14.1. The van der Waals surface area contributed by atoms with Crippen molar-refractivity contribution in [3.05, 3.63) is 41.5 Å². The number of carbonyl (C=O) groups is 1. The zero-order valence-corrected chi connectivity index (χ0v) is 21.8. The maximum atomic E-state index is 11.7. The predicted molar refractivity (Wildman–Crippen MR) is 147 cm³/mol. The van der Waals surface area contributed by atoms with E-state index in [4.69, 9.17) is 10.8 Å². The van der Waals surface area contributed by atoms with Crippen LogP contribution in [0.1, 0.15) is 49.7 Å². The van der Waals surface area contributed by atoms with Crippen molar-refractivity contribution in [2.75, 3.05) is 61.8 Å². The van der Waals surface area contributed by atoms with E-state index < -0.39 is 6.61 Å². The molecular weight excluding hydrogens is 468 g/mol. The highest BCUT2D eigenvalue weighted by Gasteiger charge is 2.22. The summed E-state index contributed by atoms with van der Waals surface area (Å²) in [6.45, 7) is 5.49. The van der Waals surface area contributed by atoms with Gasteiger partial charge in [0.05, 0.1) is 0 Å². The van der Waals surface area contributed by atoms with Gasteiger partial charge in [0.1, 0.15) is 18.2 Å². The van der Waals surface area contributed by atoms with Gasteiger partial charge in [-0.2, -0.15) is 9.97 Å². The van der Waals surface area contributed by atoms with Gasteiger partial charge < -0.3 is 36.6 Å². The number of rotatable bonds is 12. The third-order valence-corrected chi connectivity index (χ3v) is 7.20. The molecule has 0 unspecified atom stereocenters. The summed E-state index contributed by atoms with van der Waals surface area (Å²) in [6.07, 6.45) is 7.99. The minimum Gasteiger partial charge on any atom is -0.387 e. The molecule has 1 saturated heterocycles. The number of nitrogens with one attached hydrogen (secondary N) is 3. The average Bonchev–Trinajstić information content (AvgIpc) is 2.94. The quantitative estimate of drug-likeness (QED) is 0.271. The lowest BCUT2D eigenvalue weighted by atomic mass is 9.95. The minimum atomic E-state index is -0.454. The van der Waals surface area contributed by atoms with Crippen molar-refractivity contribution in [3.8, 4) is 0 Å². The summed E-state index contributed by atoms with van der Waals surface area (Å²) < 4.78 is 0. The first-order valence-corrected chi connectivity index (χ1v) is 13.6. The van der Waals surface area contributed by atoms with E-state index >= 15 is 0 Å². The Balaban J connectivity index is 1.17. The van der Waals surface area contributed by atoms with E-state index in [0.29, 0.717) is 44.5 Å². The normalized spacial score (nSPS) is 16.7. The van der Waals surface area contributed by atoms with Crippen LogP contribution >= 0.6 is 0 Å². The van der Waals surface area contributed by atoms with Gasteiger partial charge in [-0.3, -0.25) is 4.79 Å². The van der Waals surface area contributed by atoms with Gasteiger partial charge in [0.15, 0.2) is 0 Å². The molecule has 2 fully saturated rings. The van der Waals surface area contributed by atoms with E-state index in [2.05, 4.69) is 55.1 Å². The number of aromatic nitrogens is 2. The van der Waals surface area contributed by atoms with Crippen molar-refractivity contribution in [2.45, 2.75) is 57.7 Å². The molecule has 37 heavy (non-hydrogen) atoms. The molecule has 202 valence electrons. The SMILES string of the molecule is Nc1cc(N2CCN(C(=O)CO)CC2)nc(NCc2ccc(CNCCCNC3CCCCC3)cc2)n1. The highest BCUT2D eigenvalue weighted by Crippen LogP contribution is 2.19. The van der Waals surface area contributed by atoms with E-state index in [-0.39, 0.29) is 5.91 Å². The Hall–Kier alpha value is -2.95. The Morgan fingerprint density at radius 3 is 2.38 bits per heavy atom. The smallest absolute Gasteiger partial charge is 0.248 e. The summed E-state index contributed by atoms with van der Waals surface area (Å²) in [5.41, 5.74) is 8.45. The van der Waals surface area contributed by atoms with Crippen LogP contribution in [0.3, 0.4) is 0 Å². The number of nitrogens with two attached hydrogens (primary N) is 1. The standard InChI is InChI=1S/C27H42N8O2/c28-24-17-25(34-13-15-35(16-14-34)26(37)20-36)33-27(32-24)31-19-22-9-7-21(8-10-22)18-29-11-4-12-30-23-5-2-1-3-6-23/h7-10,17,23,29-30,36H,1-6,11-16,18-20H2,(H3,28,31,32,33). The molecule has 0 atom stereocenters. The lowest BCUT2D eigenvalue weighted by molar-refractivity contribution is -0.134. The molecule has 1 aliphatic carbocycles. The van der Waals surface area contributed by atoms with Gasteiger partial charge in [0, 0.05) is 51.4 Å². The van der Waals surface area contributed by atoms with Gasteiger partial charge in [0.25, 0.3) is 0 Å². The van der Waals surface area contributed by atoms with Gasteiger partial charge in [-0.1, -0.05) is 43.5 Å². The maximum Gasteiger partial charge on any atom is 0.248 e. The van der Waals surface area contributed by atoms with E-state index in [1.165, 1.54) is 37.7 Å². The largest absolute Gasteiger partial charge is 0.387 e. The molecule has 1 aromatic heterocycles. The first-order chi connectivity index (χ1) is 18.1. The van der Waals surface area contributed by atoms with E-state index in [1.807, 2.05) is 0 Å². The number of amides is 1. The summed E-state index contributed by atoms with van der Waals surface area (Å²) in [5.74, 6) is 1.38. The van der Waals surface area contributed by atoms with Crippen LogP contribution in [0.5, 0.6) is 0 Å². The average molecular weight is 511 g/mol. The first-order valence-electron chi connectivity index (χ1n) is 13.6. The summed E-state index contributed by atoms with van der Waals surface area (Å²) in [6, 6.07) is 11.0. The molecule has 10 nitrogen and oxygen atoms in total. The van der Waals surface area contributed by atoms with Gasteiger partial charge in [-0.25, -0.2) is 0 Å². The molecule has 1 aromatic carbocycles. The number of benzene rings is 1. The van der Waals surface area contributed by atoms with Gasteiger partial charge in [0.2, 0.25) is 11.9 Å². The van der Waals surface area contributed by atoms with Crippen LogP contribution < -0.4 is 26.6 Å². The van der Waals surface area contributed by atoms with Crippen LogP contribution in [0.4, 0.5) is 17.6 Å². The number of nitrogen functional groups attached to an aromatic ring is 1. The molecular formula is C27H42N8O2. The molecule has 4 rings (SSSR count). The molecule has 2 aromatic rings. The fraction of sp³-hybridized carbons (Fsp3) is 0.593. The molecule has 1 aliphatic heterocycles. The molecule has 0 radical (unpaired) electrons. The topological polar surface area (TPSA) is 132 Å². The highest BCUT2D eigenvalue weighted by atomic mass is 16.3. The lowest BCUT2D eigenvalue weighted by Crippen LogP contribution is -2.49. The first kappa shape index (κ1) is 27.1. The Morgan fingerprint density at radius 1 is 0.973 bits per heavy atom. The van der Waals surface area contributed by atoms with Crippen molar-refractivity contribution >= 4 is 23.5 Å². The number of carbonyl (C=O) groups excluding carboxylic acids is 1. The summed E-state index contributed by atoms with van der Waals surface area (Å²) in [5, 5.41) is 19.6. The zero-order chi connectivity index (χ0) is 25.9. The minimum absolute atomic E-state index is 0.242. The fourth-order valence-electron chi connectivity index (χ4n) is 4.99. The molecule has 10 heteroatoms. The molecule has 0 spiro atoms. The Kier molecular flexibility index (Phi) is 10.3. The second-order valence-electron chi connectivity index (χ2n) is 9.99. The third-order valence-electron chi connectivity index (χ3n) is 7.20. The molecule has 1 saturated carbocycles. The van der Waals surface area contributed by atoms with Crippen molar-refractivity contribution in [1.29, 1.82) is 0 Å². The number of hydrogen-bond donors (Lipinski definition) is 5. The monoisotopic (exact) mass is 510 g/mol. The molecule has 0 bridgehead atoms. The summed E-state index contributed by atoms with van der Waals surface area (Å²) in [7, 11) is 0. The van der Waals surface area contributed by atoms with E-state index in [1.54, 1.807) is 11.0 Å². The van der Waals surface area contributed by atoms with Crippen molar-refractivity contribution in [2.24, 2.45) is 0 Å². The Bertz CT molecular complexity index is 973. The van der Waals surface area contributed by atoms with Gasteiger partial charge in [-0.05, 0) is 43.5 Å².